The van der Waals surface area contributed by atoms with Crippen LogP contribution in [-0.2, 0) is 24.0 Å². The fourth-order valence-corrected chi connectivity index (χ4v) is 7.42. The number of carboxylic acid groups (broad SMARTS) is 1. The van der Waals surface area contributed by atoms with Gasteiger partial charge in [0.2, 0.25) is 0 Å². The number of anilines is 3. The van der Waals surface area contributed by atoms with Crippen LogP contribution in [-0.4, -0.2) is 79.7 Å². The summed E-state index contributed by atoms with van der Waals surface area (Å²) >= 11 is 2.42. The van der Waals surface area contributed by atoms with Crippen LogP contribution in [0.15, 0.2) is 57.9 Å². The number of fused-ring (bicyclic) bond motifs is 1. The number of hydrogen-bond acceptors (Lipinski definition) is 11. The average Bonchev–Trinajstić information content (AvgIpc) is 3.74. The Hall–Kier alpha value is -4.24. The minimum Gasteiger partial charge on any atom is -0.477 e. The van der Waals surface area contributed by atoms with Gasteiger partial charge < -0.3 is 15.7 Å². The largest absolute Gasteiger partial charge is 0.477 e. The minimum absolute atomic E-state index is 0.0502. The molecule has 0 unspecified atom stereocenters. The monoisotopic (exact) mass is 609 g/mol. The summed E-state index contributed by atoms with van der Waals surface area (Å²) in [5.41, 5.74) is 6.40. The molecule has 5 heterocycles. The van der Waals surface area contributed by atoms with E-state index in [4.69, 9.17) is 10.6 Å². The molecule has 13 nitrogen and oxygen atoms in total. The molecule has 6 rings (SSSR count). The van der Waals surface area contributed by atoms with Gasteiger partial charge in [0.05, 0.1) is 0 Å². The van der Waals surface area contributed by atoms with Crippen LogP contribution in [0.4, 0.5) is 16.8 Å². The number of carboxylic acids is 1. The van der Waals surface area contributed by atoms with Crippen LogP contribution in [0.2, 0.25) is 0 Å². The van der Waals surface area contributed by atoms with E-state index in [0.29, 0.717) is 29.9 Å². The molecule has 1 saturated carbocycles. The van der Waals surface area contributed by atoms with Crippen molar-refractivity contribution in [1.82, 2.24) is 14.9 Å². The number of aliphatic carboxylic acids is 1. The van der Waals surface area contributed by atoms with Crippen molar-refractivity contribution in [2.75, 3.05) is 27.8 Å². The Balaban J connectivity index is 1.25. The number of carbonyl (C=O) groups excluding carboxylic acids is 3. The third-order valence-electron chi connectivity index (χ3n) is 7.52. The van der Waals surface area contributed by atoms with E-state index in [0.717, 1.165) is 43.2 Å². The molecule has 0 aromatic carbocycles. The van der Waals surface area contributed by atoms with Gasteiger partial charge in [0.15, 0.2) is 5.13 Å². The van der Waals surface area contributed by atoms with E-state index in [9.17, 15) is 24.3 Å². The zero-order chi connectivity index (χ0) is 29.4. The number of carbonyl (C=O) groups is 4. The molecule has 0 spiro atoms. The predicted octanol–water partition coefficient (Wildman–Crippen LogP) is 2.38. The third-order valence-corrected chi connectivity index (χ3v) is 9.47. The van der Waals surface area contributed by atoms with E-state index in [2.05, 4.69) is 15.1 Å². The summed E-state index contributed by atoms with van der Waals surface area (Å²) in [4.78, 5) is 70.3. The van der Waals surface area contributed by atoms with Crippen LogP contribution in [0.5, 0.6) is 0 Å². The van der Waals surface area contributed by atoms with Crippen molar-refractivity contribution in [3.05, 3.63) is 52.7 Å². The number of amides is 3. The van der Waals surface area contributed by atoms with Crippen LogP contribution < -0.4 is 15.5 Å². The number of aromatic nitrogens is 2. The van der Waals surface area contributed by atoms with Crippen LogP contribution in [0.1, 0.15) is 32.1 Å². The molecule has 0 radical (unpaired) electrons. The minimum atomic E-state index is -1.30. The maximum atomic E-state index is 13.6. The summed E-state index contributed by atoms with van der Waals surface area (Å²) in [7, 11) is 0. The smallest absolute Gasteiger partial charge is 0.352 e. The van der Waals surface area contributed by atoms with Crippen molar-refractivity contribution in [2.24, 2.45) is 5.16 Å². The highest BCUT2D eigenvalue weighted by Gasteiger charge is 2.57. The number of nitrogens with two attached hydrogens (primary N) is 1. The first-order valence-electron chi connectivity index (χ1n) is 13.4. The highest BCUT2D eigenvalue weighted by atomic mass is 32.2. The van der Waals surface area contributed by atoms with E-state index < -0.39 is 29.2 Å². The van der Waals surface area contributed by atoms with Gasteiger partial charge in [-0.3, -0.25) is 29.1 Å². The first-order chi connectivity index (χ1) is 20.3. The number of β-lactam (4-membered cyclic amide) rings is 1. The van der Waals surface area contributed by atoms with Gasteiger partial charge in [0.1, 0.15) is 41.1 Å². The highest BCUT2D eigenvalue weighted by Crippen LogP contribution is 2.44. The lowest BCUT2D eigenvalue weighted by atomic mass is 10.00. The van der Waals surface area contributed by atoms with E-state index >= 15 is 0 Å². The lowest BCUT2D eigenvalue weighted by Crippen LogP contribution is -2.71. The molecule has 2 aromatic rings. The zero-order valence-corrected chi connectivity index (χ0v) is 23.9. The lowest BCUT2D eigenvalue weighted by Gasteiger charge is -2.51. The fraction of sp³-hybridized carbons (Fsp3) is 0.370. The lowest BCUT2D eigenvalue weighted by molar-refractivity contribution is -0.148. The Kier molecular flexibility index (Phi) is 7.68. The molecule has 4 aliphatic rings. The van der Waals surface area contributed by atoms with E-state index in [1.807, 2.05) is 0 Å². The Morgan fingerprint density at radius 2 is 2.05 bits per heavy atom. The normalized spacial score (nSPS) is 23.6. The van der Waals surface area contributed by atoms with Crippen LogP contribution in [0.3, 0.4) is 0 Å². The molecule has 3 amide bonds. The Labute approximate surface area is 248 Å². The molecular formula is C27H27N7O6S2. The molecule has 0 bridgehead atoms. The van der Waals surface area contributed by atoms with Crippen LogP contribution >= 0.6 is 23.1 Å². The zero-order valence-electron chi connectivity index (χ0n) is 22.3. The molecule has 2 atom stereocenters. The van der Waals surface area contributed by atoms with Gasteiger partial charge in [-0.1, -0.05) is 11.2 Å². The number of rotatable bonds is 8. The first kappa shape index (κ1) is 27.9. The maximum Gasteiger partial charge on any atom is 0.352 e. The standard InChI is InChI=1S/C27H27N7O6S2/c28-27-31-19(14-42-27)33(20(35)12-30-40-17-5-1-2-6-17)22-24(37)34-21(26(38)39)16(13-41-25(22)34)11-15-8-10-32(23(15)36)18-7-3-4-9-29-18/h3-4,7,9,11-12,14,17,22,25H,1-2,5-6,8,10,13H2,(H2,28,31)(H,38,39)/b15-11+,30-12-/t22-,25-/m1/s1. The van der Waals surface area contributed by atoms with Gasteiger partial charge in [-0.15, -0.1) is 23.1 Å². The number of allylic oxidation sites excluding steroid dienone is 1. The predicted molar refractivity (Wildman–Crippen MR) is 157 cm³/mol. The fourth-order valence-electron chi connectivity index (χ4n) is 5.53. The molecule has 42 heavy (non-hydrogen) atoms. The molecule has 2 saturated heterocycles. The molecule has 1 aliphatic carbocycles. The van der Waals surface area contributed by atoms with Gasteiger partial charge in [-0.25, -0.2) is 14.8 Å². The second-order valence-electron chi connectivity index (χ2n) is 10.1. The SMILES string of the molecule is Nc1nc(N(C(=O)/C=N\OC2CCCC2)[C@@H]2C(=O)N3C(C(=O)O)=C(/C=C4\CCN(c5ccccn5)C4=O)CS[C@H]23)cs1. The summed E-state index contributed by atoms with van der Waals surface area (Å²) in [6.45, 7) is 0.414. The first-order valence-corrected chi connectivity index (χ1v) is 15.3. The maximum absolute atomic E-state index is 13.6. The van der Waals surface area contributed by atoms with Crippen molar-refractivity contribution >= 4 is 69.8 Å². The number of thioether (sulfide) groups is 1. The highest BCUT2D eigenvalue weighted by molar-refractivity contribution is 8.00. The molecular weight excluding hydrogens is 582 g/mol. The van der Waals surface area contributed by atoms with E-state index in [1.165, 1.54) is 26.5 Å². The van der Waals surface area contributed by atoms with Crippen molar-refractivity contribution in [3.63, 3.8) is 0 Å². The van der Waals surface area contributed by atoms with Gasteiger partial charge in [0.25, 0.3) is 17.7 Å². The number of hydrogen-bond donors (Lipinski definition) is 2. The summed E-state index contributed by atoms with van der Waals surface area (Å²) in [5.74, 6) is -1.87. The number of pyridine rings is 1. The van der Waals surface area contributed by atoms with Crippen molar-refractivity contribution in [1.29, 1.82) is 0 Å². The summed E-state index contributed by atoms with van der Waals surface area (Å²) in [5, 5.41) is 15.1. The summed E-state index contributed by atoms with van der Waals surface area (Å²) < 4.78 is 0. The van der Waals surface area contributed by atoms with Crippen LogP contribution in [0.25, 0.3) is 0 Å². The van der Waals surface area contributed by atoms with E-state index in [-0.39, 0.29) is 34.4 Å². The molecule has 3 fully saturated rings. The quantitative estimate of drug-likeness (QED) is 0.196. The molecule has 3 aliphatic heterocycles. The second kappa shape index (κ2) is 11.6. The molecule has 15 heteroatoms. The Morgan fingerprint density at radius 1 is 1.24 bits per heavy atom. The third kappa shape index (κ3) is 5.13. The van der Waals surface area contributed by atoms with Gasteiger partial charge in [-0.2, -0.15) is 0 Å². The Morgan fingerprint density at radius 3 is 2.74 bits per heavy atom. The second-order valence-corrected chi connectivity index (χ2v) is 12.1. The number of thiazole rings is 1. The Bertz CT molecular complexity index is 1520. The number of nitrogen functional groups attached to an aromatic ring is 1. The summed E-state index contributed by atoms with van der Waals surface area (Å²) in [6, 6.07) is 4.25. The van der Waals surface area contributed by atoms with E-state index in [1.54, 1.807) is 35.9 Å². The summed E-state index contributed by atoms with van der Waals surface area (Å²) in [6.07, 6.45) is 8.34. The van der Waals surface area contributed by atoms with Gasteiger partial charge >= 0.3 is 5.97 Å². The van der Waals surface area contributed by atoms with Crippen LogP contribution in [0, 0.1) is 0 Å². The molecule has 3 N–H and O–H groups in total. The number of nitrogens with zero attached hydrogens (tertiary/aromatic N) is 6. The molecule has 2 aromatic heterocycles. The van der Waals surface area contributed by atoms with Gasteiger partial charge in [-0.05, 0) is 55.9 Å². The number of oxime groups is 1. The van der Waals surface area contributed by atoms with Crippen molar-refractivity contribution in [3.8, 4) is 0 Å². The topological polar surface area (TPSA) is 172 Å². The average molecular weight is 610 g/mol. The van der Waals surface area contributed by atoms with Crippen molar-refractivity contribution < 1.29 is 29.1 Å². The van der Waals surface area contributed by atoms with Gasteiger partial charge in [0, 0.05) is 29.4 Å². The van der Waals surface area contributed by atoms with Crippen molar-refractivity contribution in [2.45, 2.75) is 49.6 Å². The molecule has 218 valence electrons.